The third-order valence-electron chi connectivity index (χ3n) is 3.91. The van der Waals surface area contributed by atoms with Gasteiger partial charge in [-0.25, -0.2) is 0 Å². The highest BCUT2D eigenvalue weighted by molar-refractivity contribution is 5.83. The molecule has 9 heteroatoms. The number of nitrogen functional groups attached to an aromatic ring is 1. The second-order valence-electron chi connectivity index (χ2n) is 6.12. The summed E-state index contributed by atoms with van der Waals surface area (Å²) in [6, 6.07) is 0.597. The molecule has 0 amide bonds. The van der Waals surface area contributed by atoms with Gasteiger partial charge in [-0.05, 0) is 33.1 Å². The Hall–Kier alpha value is -2.13. The molecule has 1 aliphatic rings. The Balaban J connectivity index is 1.88. The molecule has 1 aliphatic heterocycles. The van der Waals surface area contributed by atoms with Crippen LogP contribution in [0.4, 0.5) is 5.82 Å². The van der Waals surface area contributed by atoms with Crippen LogP contribution in [-0.2, 0) is 9.47 Å². The molecule has 0 saturated carbocycles. The minimum absolute atomic E-state index is 0.145. The molecular formula is C16H25N5O4. The van der Waals surface area contributed by atoms with Crippen molar-refractivity contribution in [2.24, 2.45) is 0 Å². The minimum Gasteiger partial charge on any atom is -0.468 e. The highest BCUT2D eigenvalue weighted by Crippen LogP contribution is 2.33. The lowest BCUT2D eigenvalue weighted by Crippen LogP contribution is -2.19. The van der Waals surface area contributed by atoms with E-state index in [0.29, 0.717) is 37.0 Å². The Labute approximate surface area is 146 Å². The third-order valence-corrected chi connectivity index (χ3v) is 3.91. The summed E-state index contributed by atoms with van der Waals surface area (Å²) < 4.78 is 24.1. The fourth-order valence-electron chi connectivity index (χ4n) is 2.77. The van der Waals surface area contributed by atoms with Crippen LogP contribution >= 0.6 is 0 Å². The van der Waals surface area contributed by atoms with Gasteiger partial charge in [0.25, 0.3) is 0 Å². The molecule has 1 fully saturated rings. The SMILES string of the molecule is COc1nc2c(N)nc(OCCOC(C)C)nc2n1C1CCCCO1. The molecule has 1 saturated heterocycles. The van der Waals surface area contributed by atoms with Crippen LogP contribution in [0.1, 0.15) is 39.3 Å². The van der Waals surface area contributed by atoms with Gasteiger partial charge in [0.1, 0.15) is 12.8 Å². The number of hydrogen-bond acceptors (Lipinski definition) is 8. The number of fused-ring (bicyclic) bond motifs is 1. The van der Waals surface area contributed by atoms with Crippen molar-refractivity contribution in [3.8, 4) is 12.0 Å². The Kier molecular flexibility index (Phi) is 5.54. The third kappa shape index (κ3) is 3.93. The topological polar surface area (TPSA) is 107 Å². The summed E-state index contributed by atoms with van der Waals surface area (Å²) >= 11 is 0. The van der Waals surface area contributed by atoms with E-state index in [4.69, 9.17) is 24.7 Å². The molecule has 0 spiro atoms. The van der Waals surface area contributed by atoms with Gasteiger partial charge in [0, 0.05) is 6.61 Å². The van der Waals surface area contributed by atoms with Gasteiger partial charge >= 0.3 is 12.0 Å². The molecule has 0 aromatic carbocycles. The molecule has 138 valence electrons. The van der Waals surface area contributed by atoms with E-state index in [1.165, 1.54) is 0 Å². The number of ether oxygens (including phenoxy) is 4. The van der Waals surface area contributed by atoms with E-state index in [0.717, 1.165) is 19.3 Å². The summed E-state index contributed by atoms with van der Waals surface area (Å²) in [5.74, 6) is 0.248. The summed E-state index contributed by atoms with van der Waals surface area (Å²) in [6.07, 6.45) is 2.95. The zero-order chi connectivity index (χ0) is 17.8. The van der Waals surface area contributed by atoms with E-state index >= 15 is 0 Å². The summed E-state index contributed by atoms with van der Waals surface area (Å²) in [5.41, 5.74) is 7.08. The second kappa shape index (κ2) is 7.83. The van der Waals surface area contributed by atoms with Crippen molar-refractivity contribution in [3.05, 3.63) is 0 Å². The normalized spacial score (nSPS) is 18.0. The number of nitrogens with zero attached hydrogens (tertiary/aromatic N) is 4. The maximum Gasteiger partial charge on any atom is 0.320 e. The smallest absolute Gasteiger partial charge is 0.320 e. The van der Waals surface area contributed by atoms with Gasteiger partial charge in [-0.2, -0.15) is 15.0 Å². The maximum atomic E-state index is 6.04. The van der Waals surface area contributed by atoms with Gasteiger partial charge in [-0.3, -0.25) is 4.57 Å². The molecule has 0 aliphatic carbocycles. The van der Waals surface area contributed by atoms with Crippen LogP contribution in [0.2, 0.25) is 0 Å². The summed E-state index contributed by atoms with van der Waals surface area (Å²) in [7, 11) is 1.56. The predicted molar refractivity (Wildman–Crippen MR) is 91.7 cm³/mol. The van der Waals surface area contributed by atoms with Crippen molar-refractivity contribution >= 4 is 17.0 Å². The van der Waals surface area contributed by atoms with E-state index in [9.17, 15) is 0 Å². The molecular weight excluding hydrogens is 326 g/mol. The van der Waals surface area contributed by atoms with Gasteiger partial charge in [0.05, 0.1) is 19.8 Å². The Morgan fingerprint density at radius 1 is 1.24 bits per heavy atom. The first kappa shape index (κ1) is 17.7. The summed E-state index contributed by atoms with van der Waals surface area (Å²) in [6.45, 7) is 5.43. The molecule has 3 rings (SSSR count). The van der Waals surface area contributed by atoms with Crippen molar-refractivity contribution < 1.29 is 18.9 Å². The molecule has 25 heavy (non-hydrogen) atoms. The van der Waals surface area contributed by atoms with E-state index in [-0.39, 0.29) is 24.2 Å². The fourth-order valence-corrected chi connectivity index (χ4v) is 2.77. The highest BCUT2D eigenvalue weighted by atomic mass is 16.5. The molecule has 0 radical (unpaired) electrons. The summed E-state index contributed by atoms with van der Waals surface area (Å²) in [4.78, 5) is 13.0. The van der Waals surface area contributed by atoms with Gasteiger partial charge in [0.2, 0.25) is 0 Å². The van der Waals surface area contributed by atoms with Crippen LogP contribution in [0.15, 0.2) is 0 Å². The van der Waals surface area contributed by atoms with Crippen molar-refractivity contribution in [3.63, 3.8) is 0 Å². The van der Waals surface area contributed by atoms with Crippen LogP contribution in [0.5, 0.6) is 12.0 Å². The van der Waals surface area contributed by atoms with Crippen LogP contribution in [0.25, 0.3) is 11.2 Å². The van der Waals surface area contributed by atoms with E-state index < -0.39 is 0 Å². The molecule has 2 aromatic rings. The lowest BCUT2D eigenvalue weighted by Gasteiger charge is -2.24. The quantitative estimate of drug-likeness (QED) is 0.754. The number of imidazole rings is 1. The van der Waals surface area contributed by atoms with E-state index in [2.05, 4.69) is 15.0 Å². The van der Waals surface area contributed by atoms with Crippen molar-refractivity contribution in [1.29, 1.82) is 0 Å². The summed E-state index contributed by atoms with van der Waals surface area (Å²) in [5, 5.41) is 0. The maximum absolute atomic E-state index is 6.04. The van der Waals surface area contributed by atoms with Gasteiger partial charge < -0.3 is 24.7 Å². The molecule has 2 aromatic heterocycles. The highest BCUT2D eigenvalue weighted by Gasteiger charge is 2.25. The monoisotopic (exact) mass is 351 g/mol. The van der Waals surface area contributed by atoms with Gasteiger partial charge in [-0.1, -0.05) is 0 Å². The minimum atomic E-state index is -0.180. The van der Waals surface area contributed by atoms with Crippen LogP contribution in [0.3, 0.4) is 0 Å². The average Bonchev–Trinajstić information content (AvgIpc) is 2.98. The second-order valence-corrected chi connectivity index (χ2v) is 6.12. The number of rotatable bonds is 7. The van der Waals surface area contributed by atoms with Crippen molar-refractivity contribution in [2.75, 3.05) is 32.7 Å². The standard InChI is InChI=1S/C16H25N5O4/c1-10(2)23-8-9-25-15-19-13(17)12-14(20-15)21(16(18-12)22-3)11-6-4-5-7-24-11/h10-11H,4-9H2,1-3H3,(H2,17,19,20). The van der Waals surface area contributed by atoms with Crippen LogP contribution in [-0.4, -0.2) is 52.6 Å². The lowest BCUT2D eigenvalue weighted by molar-refractivity contribution is -0.0334. The van der Waals surface area contributed by atoms with Crippen LogP contribution < -0.4 is 15.2 Å². The predicted octanol–water partition coefficient (Wildman–Crippen LogP) is 1.92. The number of aromatic nitrogens is 4. The van der Waals surface area contributed by atoms with Crippen molar-refractivity contribution in [1.82, 2.24) is 19.5 Å². The first-order valence-corrected chi connectivity index (χ1v) is 8.55. The first-order valence-electron chi connectivity index (χ1n) is 8.55. The zero-order valence-electron chi connectivity index (χ0n) is 14.9. The van der Waals surface area contributed by atoms with Gasteiger partial charge in [-0.15, -0.1) is 0 Å². The Morgan fingerprint density at radius 3 is 2.76 bits per heavy atom. The lowest BCUT2D eigenvalue weighted by atomic mass is 10.2. The molecule has 2 N–H and O–H groups in total. The molecule has 1 atom stereocenters. The largest absolute Gasteiger partial charge is 0.468 e. The number of nitrogens with two attached hydrogens (primary N) is 1. The van der Waals surface area contributed by atoms with Crippen molar-refractivity contribution in [2.45, 2.75) is 45.4 Å². The Bertz CT molecular complexity index is 712. The van der Waals surface area contributed by atoms with E-state index in [1.807, 2.05) is 18.4 Å². The first-order chi connectivity index (χ1) is 12.1. The molecule has 1 unspecified atom stereocenters. The number of methoxy groups -OCH3 is 1. The van der Waals surface area contributed by atoms with E-state index in [1.54, 1.807) is 7.11 Å². The molecule has 3 heterocycles. The molecule has 0 bridgehead atoms. The molecule has 9 nitrogen and oxygen atoms in total. The average molecular weight is 351 g/mol. The number of anilines is 1. The fraction of sp³-hybridized carbons (Fsp3) is 0.688. The van der Waals surface area contributed by atoms with Crippen LogP contribution in [0, 0.1) is 0 Å². The zero-order valence-corrected chi connectivity index (χ0v) is 14.9. The Morgan fingerprint density at radius 2 is 2.08 bits per heavy atom. The number of hydrogen-bond donors (Lipinski definition) is 1. The van der Waals surface area contributed by atoms with Gasteiger partial charge in [0.15, 0.2) is 17.0 Å².